The Labute approximate surface area is 187 Å². The molecule has 1 aliphatic heterocycles. The van der Waals surface area contributed by atoms with Crippen LogP contribution in [0, 0.1) is 0 Å². The van der Waals surface area contributed by atoms with Gasteiger partial charge in [0.1, 0.15) is 36.8 Å². The number of nitrogens with zero attached hydrogens (tertiary/aromatic N) is 2. The Morgan fingerprint density at radius 2 is 1.70 bits per heavy atom. The number of hydrogen-bond donors (Lipinski definition) is 4. The van der Waals surface area contributed by atoms with Crippen LogP contribution in [0.15, 0.2) is 24.3 Å². The predicted molar refractivity (Wildman–Crippen MR) is 106 cm³/mol. The lowest BCUT2D eigenvalue weighted by molar-refractivity contribution is -0.278. The fourth-order valence-corrected chi connectivity index (χ4v) is 3.66. The van der Waals surface area contributed by atoms with Gasteiger partial charge in [0.25, 0.3) is 0 Å². The van der Waals surface area contributed by atoms with E-state index < -0.39 is 73.8 Å². The summed E-state index contributed by atoms with van der Waals surface area (Å²) < 4.78 is 65.9. The van der Waals surface area contributed by atoms with E-state index in [-0.39, 0.29) is 6.42 Å². The standard InChI is InChI=1S/C21H26F4N2O6/c1-2-11-3-5-12(6-4-11)9-13-18(21(23,24)25)27(8-7-22)26-19(13)33-20-17(31)16(30)15(29)14(10-28)32-20/h3-6,14-17,20,28-31H,2,7-10H2,1H3/t14-,15-,16+,17-,20-/m1/s1. The Balaban J connectivity index is 2.02. The molecule has 0 amide bonds. The average molecular weight is 478 g/mol. The van der Waals surface area contributed by atoms with Crippen molar-refractivity contribution < 1.29 is 47.5 Å². The molecule has 1 fully saturated rings. The number of ether oxygens (including phenoxy) is 2. The minimum Gasteiger partial charge on any atom is -0.443 e. The van der Waals surface area contributed by atoms with Crippen LogP contribution in [0.25, 0.3) is 0 Å². The molecule has 0 unspecified atom stereocenters. The average Bonchev–Trinajstić information content (AvgIpc) is 3.11. The van der Waals surface area contributed by atoms with E-state index in [1.807, 2.05) is 6.92 Å². The summed E-state index contributed by atoms with van der Waals surface area (Å²) in [5.74, 6) is -0.570. The summed E-state index contributed by atoms with van der Waals surface area (Å²) in [5.41, 5.74) is -0.117. The predicted octanol–water partition coefficient (Wildman–Crippen LogP) is 1.20. The highest BCUT2D eigenvalue weighted by Crippen LogP contribution is 2.38. The van der Waals surface area contributed by atoms with Crippen molar-refractivity contribution in [3.63, 3.8) is 0 Å². The van der Waals surface area contributed by atoms with Crippen molar-refractivity contribution in [2.75, 3.05) is 13.3 Å². The maximum absolute atomic E-state index is 13.9. The molecule has 0 spiro atoms. The molecule has 0 aliphatic carbocycles. The largest absolute Gasteiger partial charge is 0.443 e. The molecule has 8 nitrogen and oxygen atoms in total. The number of aryl methyl sites for hydroxylation is 2. The zero-order valence-corrected chi connectivity index (χ0v) is 17.7. The zero-order chi connectivity index (χ0) is 24.3. The number of halogens is 4. The van der Waals surface area contributed by atoms with Crippen LogP contribution in [0.5, 0.6) is 5.88 Å². The van der Waals surface area contributed by atoms with Crippen molar-refractivity contribution in [2.24, 2.45) is 0 Å². The third-order valence-electron chi connectivity index (χ3n) is 5.47. The number of hydrogen-bond acceptors (Lipinski definition) is 7. The van der Waals surface area contributed by atoms with Gasteiger partial charge in [0, 0.05) is 6.42 Å². The third kappa shape index (κ3) is 5.46. The highest BCUT2D eigenvalue weighted by atomic mass is 19.4. The fraction of sp³-hybridized carbons (Fsp3) is 0.571. The molecular weight excluding hydrogens is 452 g/mol. The van der Waals surface area contributed by atoms with Gasteiger partial charge in [-0.25, -0.2) is 4.39 Å². The molecule has 1 aromatic carbocycles. The third-order valence-corrected chi connectivity index (χ3v) is 5.47. The topological polar surface area (TPSA) is 117 Å². The minimum atomic E-state index is -4.89. The van der Waals surface area contributed by atoms with E-state index in [1.54, 1.807) is 24.3 Å². The van der Waals surface area contributed by atoms with Gasteiger partial charge in [0.2, 0.25) is 12.2 Å². The summed E-state index contributed by atoms with van der Waals surface area (Å²) in [5, 5.41) is 43.1. The van der Waals surface area contributed by atoms with Gasteiger partial charge in [0.15, 0.2) is 0 Å². The van der Waals surface area contributed by atoms with E-state index >= 15 is 0 Å². The fourth-order valence-electron chi connectivity index (χ4n) is 3.66. The van der Waals surface area contributed by atoms with Crippen LogP contribution in [-0.2, 0) is 30.3 Å². The van der Waals surface area contributed by atoms with Crippen molar-refractivity contribution in [3.8, 4) is 5.88 Å². The maximum atomic E-state index is 13.9. The molecular formula is C21H26F4N2O6. The van der Waals surface area contributed by atoms with E-state index in [2.05, 4.69) is 5.10 Å². The molecule has 4 N–H and O–H groups in total. The Morgan fingerprint density at radius 1 is 1.06 bits per heavy atom. The van der Waals surface area contributed by atoms with Crippen LogP contribution in [0.4, 0.5) is 17.6 Å². The highest BCUT2D eigenvalue weighted by Gasteiger charge is 2.46. The first-order chi connectivity index (χ1) is 15.6. The van der Waals surface area contributed by atoms with Gasteiger partial charge < -0.3 is 29.9 Å². The van der Waals surface area contributed by atoms with Gasteiger partial charge >= 0.3 is 6.18 Å². The lowest BCUT2D eigenvalue weighted by Gasteiger charge is -2.39. The SMILES string of the molecule is CCc1ccc(Cc2c(O[C@H]3O[C@H](CO)[C@@H](O)[C@H](O)[C@H]3O)nn(CCF)c2C(F)(F)F)cc1. The van der Waals surface area contributed by atoms with Crippen molar-refractivity contribution >= 4 is 0 Å². The number of alkyl halides is 4. The first kappa shape index (κ1) is 25.4. The monoisotopic (exact) mass is 478 g/mol. The Bertz CT molecular complexity index is 919. The van der Waals surface area contributed by atoms with E-state index in [0.29, 0.717) is 10.2 Å². The highest BCUT2D eigenvalue weighted by molar-refractivity contribution is 5.39. The Hall–Kier alpha value is -2.25. The van der Waals surface area contributed by atoms with Crippen molar-refractivity contribution in [2.45, 2.75) is 63.2 Å². The summed E-state index contributed by atoms with van der Waals surface area (Å²) in [4.78, 5) is 0. The van der Waals surface area contributed by atoms with E-state index in [1.165, 1.54) is 0 Å². The molecule has 184 valence electrons. The maximum Gasteiger partial charge on any atom is 0.433 e. The van der Waals surface area contributed by atoms with Crippen molar-refractivity contribution in [3.05, 3.63) is 46.6 Å². The smallest absolute Gasteiger partial charge is 0.433 e. The molecule has 0 saturated carbocycles. The lowest BCUT2D eigenvalue weighted by Crippen LogP contribution is -2.60. The van der Waals surface area contributed by atoms with E-state index in [9.17, 15) is 38.0 Å². The quantitative estimate of drug-likeness (QED) is 0.422. The van der Waals surface area contributed by atoms with Crippen LogP contribution in [0.2, 0.25) is 0 Å². The van der Waals surface area contributed by atoms with Crippen LogP contribution in [0.1, 0.15) is 29.3 Å². The Morgan fingerprint density at radius 3 is 2.24 bits per heavy atom. The molecule has 3 rings (SSSR count). The van der Waals surface area contributed by atoms with Gasteiger partial charge in [0.05, 0.1) is 18.7 Å². The van der Waals surface area contributed by atoms with E-state index in [4.69, 9.17) is 9.47 Å². The molecule has 1 aliphatic rings. The van der Waals surface area contributed by atoms with Crippen LogP contribution >= 0.6 is 0 Å². The second-order valence-corrected chi connectivity index (χ2v) is 7.70. The summed E-state index contributed by atoms with van der Waals surface area (Å²) in [6.07, 6.45) is -12.8. The molecule has 0 radical (unpaired) electrons. The normalized spacial score (nSPS) is 25.9. The number of benzene rings is 1. The number of rotatable bonds is 8. The second kappa shape index (κ2) is 10.3. The summed E-state index contributed by atoms with van der Waals surface area (Å²) in [6, 6.07) is 6.85. The molecule has 1 aromatic heterocycles. The number of aliphatic hydroxyl groups is 4. The lowest BCUT2D eigenvalue weighted by atomic mass is 9.99. The van der Waals surface area contributed by atoms with Gasteiger partial charge in [-0.2, -0.15) is 13.2 Å². The first-order valence-corrected chi connectivity index (χ1v) is 10.4. The summed E-state index contributed by atoms with van der Waals surface area (Å²) >= 11 is 0. The molecule has 33 heavy (non-hydrogen) atoms. The van der Waals surface area contributed by atoms with Gasteiger partial charge in [-0.3, -0.25) is 4.68 Å². The number of aliphatic hydroxyl groups excluding tert-OH is 4. The molecule has 2 aromatic rings. The number of aromatic nitrogens is 2. The molecule has 12 heteroatoms. The molecule has 2 heterocycles. The zero-order valence-electron chi connectivity index (χ0n) is 17.7. The van der Waals surface area contributed by atoms with Crippen molar-refractivity contribution in [1.82, 2.24) is 9.78 Å². The van der Waals surface area contributed by atoms with Crippen LogP contribution in [-0.4, -0.2) is 74.2 Å². The van der Waals surface area contributed by atoms with Crippen LogP contribution < -0.4 is 4.74 Å². The first-order valence-electron chi connectivity index (χ1n) is 10.4. The van der Waals surface area contributed by atoms with Crippen LogP contribution in [0.3, 0.4) is 0 Å². The van der Waals surface area contributed by atoms with Gasteiger partial charge in [-0.1, -0.05) is 31.2 Å². The molecule has 5 atom stereocenters. The summed E-state index contributed by atoms with van der Waals surface area (Å²) in [6.45, 7) is -0.612. The van der Waals surface area contributed by atoms with Crippen molar-refractivity contribution in [1.29, 1.82) is 0 Å². The van der Waals surface area contributed by atoms with Gasteiger partial charge in [-0.15, -0.1) is 5.10 Å². The minimum absolute atomic E-state index is 0.266. The summed E-state index contributed by atoms with van der Waals surface area (Å²) in [7, 11) is 0. The van der Waals surface area contributed by atoms with E-state index in [0.717, 1.165) is 12.0 Å². The molecule has 0 bridgehead atoms. The Kier molecular flexibility index (Phi) is 7.96. The van der Waals surface area contributed by atoms with Gasteiger partial charge in [-0.05, 0) is 17.5 Å². The second-order valence-electron chi connectivity index (χ2n) is 7.70. The molecule has 1 saturated heterocycles.